The second kappa shape index (κ2) is 6.72. The highest BCUT2D eigenvalue weighted by Crippen LogP contribution is 2.39. The summed E-state index contributed by atoms with van der Waals surface area (Å²) in [5.74, 6) is 0.914. The maximum absolute atomic E-state index is 13.1. The molecule has 5 heterocycles. The highest BCUT2D eigenvalue weighted by molar-refractivity contribution is 7.19. The zero-order valence-electron chi connectivity index (χ0n) is 17.4. The fraction of sp³-hybridized carbons (Fsp3) is 0.600. The molecule has 0 spiro atoms. The Hall–Kier alpha value is -2.10. The van der Waals surface area contributed by atoms with Gasteiger partial charge in [0.2, 0.25) is 5.82 Å². The minimum Gasteiger partial charge on any atom is -0.370 e. The standard InChI is InChI=1S/C20H26N6O2S/c1-5-24-6-8-25(9-7-24)19(27)16-22-17-15-13-10-20(3,4)28-11-14(13)29-18(15)21-12(2)26(17)23-16/h5-11H2,1-4H3. The SMILES string of the molecule is CCN1CCN(C(=O)c2nc3c4c5c(sc4nc(C)n3n2)COC(C)(C)C5)CC1. The highest BCUT2D eigenvalue weighted by Gasteiger charge is 2.32. The average molecular weight is 415 g/mol. The summed E-state index contributed by atoms with van der Waals surface area (Å²) in [6, 6.07) is 0. The smallest absolute Gasteiger partial charge is 0.293 e. The molecule has 3 aromatic rings. The van der Waals surface area contributed by atoms with Crippen LogP contribution in [0, 0.1) is 6.92 Å². The molecule has 2 aliphatic heterocycles. The third-order valence-corrected chi connectivity index (χ3v) is 7.07. The normalized spacial score (nSPS) is 19.8. The van der Waals surface area contributed by atoms with Crippen LogP contribution in [0.25, 0.3) is 15.9 Å². The van der Waals surface area contributed by atoms with Crippen molar-refractivity contribution in [3.05, 3.63) is 22.1 Å². The Balaban J connectivity index is 1.58. The van der Waals surface area contributed by atoms with Crippen LogP contribution in [0.2, 0.25) is 0 Å². The summed E-state index contributed by atoms with van der Waals surface area (Å²) in [6.45, 7) is 13.1. The second-order valence-corrected chi connectivity index (χ2v) is 9.55. The number of hydrogen-bond acceptors (Lipinski definition) is 7. The summed E-state index contributed by atoms with van der Waals surface area (Å²) < 4.78 is 7.71. The molecule has 0 saturated carbocycles. The number of ether oxygens (including phenoxy) is 1. The van der Waals surface area contributed by atoms with Crippen LogP contribution in [0.5, 0.6) is 0 Å². The molecule has 9 heteroatoms. The molecule has 8 nitrogen and oxygen atoms in total. The molecule has 154 valence electrons. The van der Waals surface area contributed by atoms with E-state index in [4.69, 9.17) is 14.7 Å². The van der Waals surface area contributed by atoms with Gasteiger partial charge in [0.1, 0.15) is 10.7 Å². The van der Waals surface area contributed by atoms with Crippen molar-refractivity contribution in [2.45, 2.75) is 46.3 Å². The highest BCUT2D eigenvalue weighted by atomic mass is 32.1. The summed E-state index contributed by atoms with van der Waals surface area (Å²) in [4.78, 5) is 28.9. The second-order valence-electron chi connectivity index (χ2n) is 8.47. The summed E-state index contributed by atoms with van der Waals surface area (Å²) in [5, 5.41) is 5.58. The monoisotopic (exact) mass is 414 g/mol. The van der Waals surface area contributed by atoms with Gasteiger partial charge in [-0.25, -0.2) is 9.97 Å². The fourth-order valence-corrected chi connectivity index (χ4v) is 5.38. The van der Waals surface area contributed by atoms with E-state index in [1.165, 1.54) is 10.4 Å². The molecule has 0 atom stereocenters. The predicted octanol–water partition coefficient (Wildman–Crippen LogP) is 2.28. The Labute approximate surface area is 173 Å². The van der Waals surface area contributed by atoms with E-state index in [2.05, 4.69) is 30.8 Å². The minimum absolute atomic E-state index is 0.0928. The molecule has 0 N–H and O–H groups in total. The van der Waals surface area contributed by atoms with Crippen molar-refractivity contribution >= 4 is 33.1 Å². The number of carbonyl (C=O) groups excluding carboxylic acids is 1. The maximum Gasteiger partial charge on any atom is 0.293 e. The van der Waals surface area contributed by atoms with E-state index in [0.29, 0.717) is 19.7 Å². The Morgan fingerprint density at radius 1 is 1.21 bits per heavy atom. The van der Waals surface area contributed by atoms with Gasteiger partial charge in [-0.15, -0.1) is 16.4 Å². The molecule has 0 aromatic carbocycles. The summed E-state index contributed by atoms with van der Waals surface area (Å²) >= 11 is 1.66. The van der Waals surface area contributed by atoms with E-state index >= 15 is 0 Å². The molecule has 1 fully saturated rings. The third kappa shape index (κ3) is 3.12. The number of thiophene rings is 1. The van der Waals surface area contributed by atoms with Crippen molar-refractivity contribution in [2.75, 3.05) is 32.7 Å². The van der Waals surface area contributed by atoms with Crippen LogP contribution in [0.15, 0.2) is 0 Å². The zero-order chi connectivity index (χ0) is 20.3. The lowest BCUT2D eigenvalue weighted by Gasteiger charge is -2.33. The van der Waals surface area contributed by atoms with Crippen molar-refractivity contribution in [3.63, 3.8) is 0 Å². The minimum atomic E-state index is -0.222. The Morgan fingerprint density at radius 2 is 1.97 bits per heavy atom. The molecule has 0 aliphatic carbocycles. The zero-order valence-corrected chi connectivity index (χ0v) is 18.2. The van der Waals surface area contributed by atoms with Gasteiger partial charge in [0, 0.05) is 37.5 Å². The van der Waals surface area contributed by atoms with Gasteiger partial charge in [-0.3, -0.25) is 4.79 Å². The van der Waals surface area contributed by atoms with Crippen LogP contribution in [-0.2, 0) is 17.8 Å². The van der Waals surface area contributed by atoms with E-state index < -0.39 is 0 Å². The Bertz CT molecular complexity index is 1110. The summed E-state index contributed by atoms with van der Waals surface area (Å²) in [7, 11) is 0. The first-order chi connectivity index (χ1) is 13.9. The first-order valence-electron chi connectivity index (χ1n) is 10.2. The predicted molar refractivity (Wildman–Crippen MR) is 111 cm³/mol. The lowest BCUT2D eigenvalue weighted by Crippen LogP contribution is -2.48. The van der Waals surface area contributed by atoms with Crippen LogP contribution >= 0.6 is 11.3 Å². The van der Waals surface area contributed by atoms with E-state index in [9.17, 15) is 4.79 Å². The van der Waals surface area contributed by atoms with Gasteiger partial charge in [-0.05, 0) is 32.9 Å². The average Bonchev–Trinajstić information content (AvgIpc) is 3.28. The molecule has 0 bridgehead atoms. The van der Waals surface area contributed by atoms with Gasteiger partial charge in [0.15, 0.2) is 5.65 Å². The molecule has 3 aromatic heterocycles. The van der Waals surface area contributed by atoms with Crippen LogP contribution < -0.4 is 0 Å². The number of piperazine rings is 1. The van der Waals surface area contributed by atoms with Crippen molar-refractivity contribution in [3.8, 4) is 0 Å². The molecule has 1 saturated heterocycles. The van der Waals surface area contributed by atoms with Crippen molar-refractivity contribution in [1.29, 1.82) is 0 Å². The largest absolute Gasteiger partial charge is 0.370 e. The number of nitrogens with zero attached hydrogens (tertiary/aromatic N) is 6. The van der Waals surface area contributed by atoms with Gasteiger partial charge in [-0.2, -0.15) is 4.52 Å². The van der Waals surface area contributed by atoms with Gasteiger partial charge in [0.25, 0.3) is 5.91 Å². The molecular formula is C20H26N6O2S. The van der Waals surface area contributed by atoms with Crippen LogP contribution in [0.4, 0.5) is 0 Å². The molecule has 0 unspecified atom stereocenters. The van der Waals surface area contributed by atoms with Crippen LogP contribution in [-0.4, -0.2) is 73.6 Å². The Kier molecular flexibility index (Phi) is 4.38. The topological polar surface area (TPSA) is 75.9 Å². The number of carbonyl (C=O) groups is 1. The number of amides is 1. The lowest BCUT2D eigenvalue weighted by atomic mass is 9.94. The first kappa shape index (κ1) is 18.9. The number of likely N-dealkylation sites (N-methyl/N-ethyl adjacent to an activating group) is 1. The molecule has 29 heavy (non-hydrogen) atoms. The lowest BCUT2D eigenvalue weighted by molar-refractivity contribution is -0.0379. The number of fused-ring (bicyclic) bond motifs is 5. The molecule has 1 amide bonds. The van der Waals surface area contributed by atoms with Gasteiger partial charge < -0.3 is 14.5 Å². The first-order valence-corrected chi connectivity index (χ1v) is 11.0. The maximum atomic E-state index is 13.1. The summed E-state index contributed by atoms with van der Waals surface area (Å²) in [5.41, 5.74) is 1.75. The molecule has 5 rings (SSSR count). The van der Waals surface area contributed by atoms with E-state index in [0.717, 1.165) is 47.7 Å². The third-order valence-electron chi connectivity index (χ3n) is 5.97. The summed E-state index contributed by atoms with van der Waals surface area (Å²) in [6.07, 6.45) is 0.803. The van der Waals surface area contributed by atoms with Gasteiger partial charge >= 0.3 is 0 Å². The van der Waals surface area contributed by atoms with Crippen LogP contribution in [0.3, 0.4) is 0 Å². The van der Waals surface area contributed by atoms with E-state index in [1.807, 2.05) is 11.8 Å². The fourth-order valence-electron chi connectivity index (χ4n) is 4.24. The number of rotatable bonds is 2. The quantitative estimate of drug-likeness (QED) is 0.640. The number of hydrogen-bond donors (Lipinski definition) is 0. The van der Waals surface area contributed by atoms with Crippen LogP contribution in [0.1, 0.15) is 47.7 Å². The van der Waals surface area contributed by atoms with Crippen molar-refractivity contribution in [2.24, 2.45) is 0 Å². The number of aryl methyl sites for hydroxylation is 1. The Morgan fingerprint density at radius 3 is 2.69 bits per heavy atom. The van der Waals surface area contributed by atoms with Gasteiger partial charge in [0.05, 0.1) is 17.6 Å². The molecule has 2 aliphatic rings. The van der Waals surface area contributed by atoms with E-state index in [-0.39, 0.29) is 17.3 Å². The van der Waals surface area contributed by atoms with Crippen molar-refractivity contribution < 1.29 is 9.53 Å². The molecule has 0 radical (unpaired) electrons. The molecular weight excluding hydrogens is 388 g/mol. The van der Waals surface area contributed by atoms with Crippen molar-refractivity contribution in [1.82, 2.24) is 29.4 Å². The number of aromatic nitrogens is 4. The van der Waals surface area contributed by atoms with E-state index in [1.54, 1.807) is 15.9 Å². The van der Waals surface area contributed by atoms with Gasteiger partial charge in [-0.1, -0.05) is 6.92 Å².